The first-order valence-electron chi connectivity index (χ1n) is 12.8. The Morgan fingerprint density at radius 1 is 0.700 bits per heavy atom. The van der Waals surface area contributed by atoms with E-state index in [2.05, 4.69) is 35.8 Å². The molecule has 0 aliphatic heterocycles. The van der Waals surface area contributed by atoms with Crippen molar-refractivity contribution in [2.75, 3.05) is 10.6 Å². The first-order chi connectivity index (χ1) is 22.5. The van der Waals surface area contributed by atoms with Crippen molar-refractivity contribution < 1.29 is 115 Å². The number of rotatable bonds is 10. The van der Waals surface area contributed by atoms with Crippen LogP contribution in [0.4, 0.5) is 34.6 Å². The number of azo groups is 1. The Labute approximate surface area is 325 Å². The number of phenolic OH excluding ortho intramolecular Hbond substituents is 1. The van der Waals surface area contributed by atoms with E-state index in [4.69, 9.17) is 0 Å². The molecule has 6 N–H and O–H groups in total. The molecule has 0 unspecified atom stereocenters. The summed E-state index contributed by atoms with van der Waals surface area (Å²) in [6.45, 7) is 0. The average molecular weight is 742 g/mol. The molecule has 0 amide bonds. The number of anilines is 4. The van der Waals surface area contributed by atoms with Crippen LogP contribution in [0.1, 0.15) is 20.7 Å². The molecule has 19 nitrogen and oxygen atoms in total. The summed E-state index contributed by atoms with van der Waals surface area (Å²) in [5.41, 5.74) is -2.35. The Morgan fingerprint density at radius 2 is 1.26 bits per heavy atom. The van der Waals surface area contributed by atoms with E-state index in [0.717, 1.165) is 6.07 Å². The van der Waals surface area contributed by atoms with E-state index >= 15 is 0 Å². The maximum atomic E-state index is 12.2. The van der Waals surface area contributed by atoms with Crippen LogP contribution in [-0.2, 0) is 20.2 Å². The van der Waals surface area contributed by atoms with Crippen LogP contribution in [0.15, 0.2) is 86.7 Å². The SMILES string of the molecule is O=C(O)c1ccccc1N=Nc1c(S(=O)(=O)[O-])cc2cc(S(=O)(=O)[O-])cc(Nc3nc(O)nc(Nc4ccccc4C(=O)O)n3)c2c1O.[Na+].[Na+]. The van der Waals surface area contributed by atoms with Gasteiger partial charge in [0.05, 0.1) is 32.3 Å². The van der Waals surface area contributed by atoms with Gasteiger partial charge in [-0.3, -0.25) is 0 Å². The zero-order valence-electron chi connectivity index (χ0n) is 25.5. The van der Waals surface area contributed by atoms with Crippen molar-refractivity contribution in [3.05, 3.63) is 77.9 Å². The number of carbonyl (C=O) groups is 2. The standard InChI is InChI=1S/C27H19N7O12S2.2Na/c35-22-20-12(10-19(48(44,45)46)21(22)34-33-17-8-4-2-6-15(17)24(38)39)9-13(47(41,42)43)11-18(20)29-26-30-25(31-27(40)32-26)28-16-7-3-1-5-14(16)23(36)37;;/h1-11,35H,(H,36,37)(H,38,39)(H,41,42,43)(H,44,45,46)(H3,28,29,30,31,32,40);;/q;2*+1/p-2. The molecule has 5 rings (SSSR count). The number of hydrogen-bond donors (Lipinski definition) is 6. The number of para-hydroxylation sites is 1. The molecular formula is C27H17N7Na2O12S2. The van der Waals surface area contributed by atoms with Crippen LogP contribution in [0, 0.1) is 0 Å². The Hall–Kier alpha value is -4.29. The Balaban J connectivity index is 0.00000338. The van der Waals surface area contributed by atoms with Crippen molar-refractivity contribution in [2.24, 2.45) is 10.2 Å². The van der Waals surface area contributed by atoms with Gasteiger partial charge in [0.2, 0.25) is 11.9 Å². The molecule has 0 aliphatic rings. The minimum atomic E-state index is -5.49. The van der Waals surface area contributed by atoms with Crippen molar-refractivity contribution in [3.63, 3.8) is 0 Å². The van der Waals surface area contributed by atoms with E-state index in [1.54, 1.807) is 0 Å². The number of carboxylic acid groups (broad SMARTS) is 2. The topological polar surface area (TPSA) is 317 Å². The normalized spacial score (nSPS) is 11.4. The van der Waals surface area contributed by atoms with Crippen LogP contribution in [0.25, 0.3) is 10.8 Å². The molecule has 23 heteroatoms. The third-order valence-corrected chi connectivity index (χ3v) is 8.01. The van der Waals surface area contributed by atoms with E-state index in [9.17, 15) is 56.0 Å². The molecule has 0 saturated carbocycles. The number of hydrogen-bond acceptors (Lipinski definition) is 17. The molecule has 0 atom stereocenters. The van der Waals surface area contributed by atoms with Crippen molar-refractivity contribution in [1.82, 2.24) is 15.0 Å². The molecule has 0 saturated heterocycles. The van der Waals surface area contributed by atoms with Crippen LogP contribution in [0.5, 0.6) is 11.8 Å². The maximum Gasteiger partial charge on any atom is 1.00 e. The predicted octanol–water partition coefficient (Wildman–Crippen LogP) is -2.45. The van der Waals surface area contributed by atoms with Gasteiger partial charge in [0.25, 0.3) is 0 Å². The summed E-state index contributed by atoms with van der Waals surface area (Å²) in [4.78, 5) is 32.3. The van der Waals surface area contributed by atoms with Gasteiger partial charge in [0, 0.05) is 5.39 Å². The molecular weight excluding hydrogens is 724 g/mol. The van der Waals surface area contributed by atoms with Gasteiger partial charge in [0.15, 0.2) is 5.75 Å². The molecule has 246 valence electrons. The smallest absolute Gasteiger partial charge is 0.744 e. The third-order valence-electron chi connectivity index (χ3n) is 6.35. The van der Waals surface area contributed by atoms with Crippen LogP contribution in [0.3, 0.4) is 0 Å². The van der Waals surface area contributed by atoms with Crippen LogP contribution in [0.2, 0.25) is 0 Å². The summed E-state index contributed by atoms with van der Waals surface area (Å²) in [7, 11) is -10.8. The molecule has 4 aromatic carbocycles. The summed E-state index contributed by atoms with van der Waals surface area (Å²) < 4.78 is 72.7. The number of nitrogens with one attached hydrogen (secondary N) is 2. The minimum Gasteiger partial charge on any atom is -0.744 e. The second kappa shape index (κ2) is 15.7. The summed E-state index contributed by atoms with van der Waals surface area (Å²) >= 11 is 0. The van der Waals surface area contributed by atoms with Gasteiger partial charge < -0.3 is 40.2 Å². The van der Waals surface area contributed by atoms with Gasteiger partial charge in [0.1, 0.15) is 31.6 Å². The molecule has 1 heterocycles. The van der Waals surface area contributed by atoms with Crippen LogP contribution >= 0.6 is 0 Å². The fourth-order valence-electron chi connectivity index (χ4n) is 4.33. The third kappa shape index (κ3) is 8.89. The van der Waals surface area contributed by atoms with Gasteiger partial charge in [-0.2, -0.15) is 15.0 Å². The van der Waals surface area contributed by atoms with Crippen LogP contribution in [-0.4, -0.2) is 73.3 Å². The molecule has 0 aliphatic carbocycles. The first kappa shape index (κ1) is 40.1. The fourth-order valence-corrected chi connectivity index (χ4v) is 5.51. The Kier molecular flexibility index (Phi) is 12.6. The van der Waals surface area contributed by atoms with Gasteiger partial charge in [-0.05, 0) is 47.9 Å². The fraction of sp³-hybridized carbons (Fsp3) is 0. The summed E-state index contributed by atoms with van der Waals surface area (Å²) in [5.74, 6) is -4.83. The number of aromatic hydroxyl groups is 2. The number of aromatic nitrogens is 3. The van der Waals surface area contributed by atoms with Crippen molar-refractivity contribution in [1.29, 1.82) is 0 Å². The zero-order valence-corrected chi connectivity index (χ0v) is 31.1. The van der Waals surface area contributed by atoms with Crippen molar-refractivity contribution in [3.8, 4) is 11.8 Å². The predicted molar refractivity (Wildman–Crippen MR) is 161 cm³/mol. The molecule has 0 radical (unpaired) electrons. The number of carboxylic acids is 2. The zero-order chi connectivity index (χ0) is 35.0. The van der Waals surface area contributed by atoms with Crippen molar-refractivity contribution >= 4 is 77.6 Å². The van der Waals surface area contributed by atoms with Gasteiger partial charge in [-0.25, -0.2) is 26.4 Å². The second-order valence-corrected chi connectivity index (χ2v) is 12.2. The minimum absolute atomic E-state index is 0. The van der Waals surface area contributed by atoms with Gasteiger partial charge in [-0.15, -0.1) is 10.2 Å². The average Bonchev–Trinajstić information content (AvgIpc) is 2.99. The summed E-state index contributed by atoms with van der Waals surface area (Å²) in [6, 6.07) is 11.7. The van der Waals surface area contributed by atoms with E-state index in [0.29, 0.717) is 18.2 Å². The number of fused-ring (bicyclic) bond motifs is 1. The van der Waals surface area contributed by atoms with Crippen LogP contribution < -0.4 is 69.7 Å². The molecule has 1 aromatic heterocycles. The Bertz CT molecular complexity index is 2410. The quantitative estimate of drug-likeness (QED) is 0.0491. The Morgan fingerprint density at radius 3 is 1.84 bits per heavy atom. The monoisotopic (exact) mass is 741 g/mol. The second-order valence-electron chi connectivity index (χ2n) is 9.45. The largest absolute Gasteiger partial charge is 1.00 e. The number of aromatic carboxylic acids is 2. The van der Waals surface area contributed by atoms with E-state index < -0.39 is 87.8 Å². The van der Waals surface area contributed by atoms with Gasteiger partial charge in [-0.1, -0.05) is 24.3 Å². The molecule has 0 bridgehead atoms. The molecule has 0 spiro atoms. The maximum absolute atomic E-state index is 12.2. The van der Waals surface area contributed by atoms with Crippen molar-refractivity contribution in [2.45, 2.75) is 9.79 Å². The van der Waals surface area contributed by atoms with Gasteiger partial charge >= 0.3 is 77.1 Å². The number of phenols is 1. The number of nitrogens with zero attached hydrogens (tertiary/aromatic N) is 5. The van der Waals surface area contributed by atoms with E-state index in [1.165, 1.54) is 42.5 Å². The first-order valence-corrected chi connectivity index (χ1v) is 15.7. The van der Waals surface area contributed by atoms with E-state index in [1.807, 2.05) is 0 Å². The number of benzene rings is 4. The molecule has 50 heavy (non-hydrogen) atoms. The summed E-state index contributed by atoms with van der Waals surface area (Å²) in [5, 5.41) is 51.7. The van der Waals surface area contributed by atoms with E-state index in [-0.39, 0.29) is 81.6 Å². The summed E-state index contributed by atoms with van der Waals surface area (Å²) in [6.07, 6.45) is 0. The molecule has 5 aromatic rings. The molecule has 0 fully saturated rings.